The van der Waals surface area contributed by atoms with Crippen molar-refractivity contribution < 1.29 is 4.79 Å². The highest BCUT2D eigenvalue weighted by Crippen LogP contribution is 2.44. The lowest BCUT2D eigenvalue weighted by atomic mass is 9.75. The molecule has 2 rings (SSSR count). The zero-order valence-corrected chi connectivity index (χ0v) is 11.0. The van der Waals surface area contributed by atoms with Crippen LogP contribution in [0.5, 0.6) is 0 Å². The third-order valence-electron chi connectivity index (χ3n) is 3.93. The molecule has 1 aliphatic rings. The van der Waals surface area contributed by atoms with Crippen molar-refractivity contribution in [1.29, 1.82) is 0 Å². The molecule has 0 saturated heterocycles. The monoisotopic (exact) mass is 231 g/mol. The Morgan fingerprint density at radius 3 is 2.71 bits per heavy atom. The van der Waals surface area contributed by atoms with Gasteiger partial charge >= 0.3 is 0 Å². The number of carbonyl (C=O) groups excluding carboxylic acids is 1. The fraction of sp³-hybridized carbons (Fsp3) is 0.533. The van der Waals surface area contributed by atoms with Crippen LogP contribution in [-0.2, 0) is 10.2 Å². The van der Waals surface area contributed by atoms with Crippen molar-refractivity contribution >= 4 is 11.6 Å². The van der Waals surface area contributed by atoms with E-state index in [0.717, 1.165) is 31.4 Å². The van der Waals surface area contributed by atoms with Gasteiger partial charge in [0.05, 0.1) is 5.41 Å². The molecule has 0 fully saturated rings. The standard InChI is InChI=1S/C15H21NO/c1-4-6-9-15(5-2)12-10-11(3)7-8-13(12)16-14(15)17/h7-8,10H,4-6,9H2,1-3H3,(H,16,17). The first-order chi connectivity index (χ1) is 8.14. The molecule has 1 amide bonds. The molecule has 0 saturated carbocycles. The highest BCUT2D eigenvalue weighted by atomic mass is 16.2. The SMILES string of the molecule is CCCCC1(CC)C(=O)Nc2ccc(C)cc21. The van der Waals surface area contributed by atoms with E-state index >= 15 is 0 Å². The Labute approximate surface area is 103 Å². The average molecular weight is 231 g/mol. The Hall–Kier alpha value is -1.31. The Kier molecular flexibility index (Phi) is 3.23. The predicted molar refractivity (Wildman–Crippen MR) is 71.3 cm³/mol. The number of hydrogen-bond donors (Lipinski definition) is 1. The van der Waals surface area contributed by atoms with Crippen molar-refractivity contribution in [2.45, 2.75) is 51.9 Å². The highest BCUT2D eigenvalue weighted by molar-refractivity contribution is 6.06. The molecule has 2 heteroatoms. The van der Waals surface area contributed by atoms with E-state index in [1.54, 1.807) is 0 Å². The largest absolute Gasteiger partial charge is 0.325 e. The maximum absolute atomic E-state index is 12.3. The van der Waals surface area contributed by atoms with Gasteiger partial charge in [0, 0.05) is 5.69 Å². The van der Waals surface area contributed by atoms with Gasteiger partial charge in [0.15, 0.2) is 0 Å². The van der Waals surface area contributed by atoms with Crippen LogP contribution in [0.15, 0.2) is 18.2 Å². The molecule has 1 N–H and O–H groups in total. The lowest BCUT2D eigenvalue weighted by Gasteiger charge is -2.26. The number of nitrogens with one attached hydrogen (secondary N) is 1. The van der Waals surface area contributed by atoms with Gasteiger partial charge < -0.3 is 5.32 Å². The van der Waals surface area contributed by atoms with E-state index in [9.17, 15) is 4.79 Å². The number of hydrogen-bond acceptors (Lipinski definition) is 1. The van der Waals surface area contributed by atoms with Gasteiger partial charge in [-0.15, -0.1) is 0 Å². The molecule has 1 unspecified atom stereocenters. The molecular weight excluding hydrogens is 210 g/mol. The summed E-state index contributed by atoms with van der Waals surface area (Å²) in [6.45, 7) is 6.38. The summed E-state index contributed by atoms with van der Waals surface area (Å²) in [4.78, 5) is 12.3. The molecule has 92 valence electrons. The van der Waals surface area contributed by atoms with Crippen molar-refractivity contribution in [2.75, 3.05) is 5.32 Å². The summed E-state index contributed by atoms with van der Waals surface area (Å²) in [5.74, 6) is 0.189. The number of anilines is 1. The fourth-order valence-electron chi connectivity index (χ4n) is 2.78. The second-order valence-electron chi connectivity index (χ2n) is 5.04. The first-order valence-corrected chi connectivity index (χ1v) is 6.56. The zero-order chi connectivity index (χ0) is 12.5. The van der Waals surface area contributed by atoms with E-state index in [1.165, 1.54) is 11.1 Å². The van der Waals surface area contributed by atoms with E-state index in [2.05, 4.69) is 38.2 Å². The summed E-state index contributed by atoms with van der Waals surface area (Å²) in [5.41, 5.74) is 3.17. The molecule has 1 aromatic carbocycles. The molecule has 0 radical (unpaired) electrons. The maximum Gasteiger partial charge on any atom is 0.235 e. The smallest absolute Gasteiger partial charge is 0.235 e. The second-order valence-corrected chi connectivity index (χ2v) is 5.04. The lowest BCUT2D eigenvalue weighted by Crippen LogP contribution is -2.33. The van der Waals surface area contributed by atoms with Crippen molar-refractivity contribution in [3.8, 4) is 0 Å². The van der Waals surface area contributed by atoms with Gasteiger partial charge in [-0.3, -0.25) is 4.79 Å². The Balaban J connectivity index is 2.46. The number of benzene rings is 1. The topological polar surface area (TPSA) is 29.1 Å². The van der Waals surface area contributed by atoms with Crippen LogP contribution in [-0.4, -0.2) is 5.91 Å². The molecule has 1 atom stereocenters. The summed E-state index contributed by atoms with van der Waals surface area (Å²) in [5, 5.41) is 3.04. The van der Waals surface area contributed by atoms with E-state index in [-0.39, 0.29) is 11.3 Å². The predicted octanol–water partition coefficient (Wildman–Crippen LogP) is 3.79. The van der Waals surface area contributed by atoms with Crippen LogP contribution in [0, 0.1) is 6.92 Å². The van der Waals surface area contributed by atoms with Gasteiger partial charge in [0.2, 0.25) is 5.91 Å². The van der Waals surface area contributed by atoms with E-state index < -0.39 is 0 Å². The molecule has 0 aliphatic carbocycles. The van der Waals surface area contributed by atoms with Crippen LogP contribution < -0.4 is 5.32 Å². The van der Waals surface area contributed by atoms with Crippen LogP contribution in [0.3, 0.4) is 0 Å². The average Bonchev–Trinajstić information content (AvgIpc) is 2.59. The number of fused-ring (bicyclic) bond motifs is 1. The number of amides is 1. The Bertz CT molecular complexity index is 439. The van der Waals surface area contributed by atoms with Crippen LogP contribution in [0.4, 0.5) is 5.69 Å². The molecule has 1 aliphatic heterocycles. The van der Waals surface area contributed by atoms with Crippen molar-refractivity contribution in [3.05, 3.63) is 29.3 Å². The van der Waals surface area contributed by atoms with E-state index in [1.807, 2.05) is 6.07 Å². The highest BCUT2D eigenvalue weighted by Gasteiger charge is 2.44. The van der Waals surface area contributed by atoms with Crippen molar-refractivity contribution in [3.63, 3.8) is 0 Å². The Morgan fingerprint density at radius 1 is 1.29 bits per heavy atom. The van der Waals surface area contributed by atoms with E-state index in [0.29, 0.717) is 0 Å². The summed E-state index contributed by atoms with van der Waals surface area (Å²) in [6, 6.07) is 6.27. The quantitative estimate of drug-likeness (QED) is 0.839. The summed E-state index contributed by atoms with van der Waals surface area (Å²) >= 11 is 0. The third-order valence-corrected chi connectivity index (χ3v) is 3.93. The minimum Gasteiger partial charge on any atom is -0.325 e. The summed E-state index contributed by atoms with van der Waals surface area (Å²) in [7, 11) is 0. The van der Waals surface area contributed by atoms with Gasteiger partial charge in [0.25, 0.3) is 0 Å². The van der Waals surface area contributed by atoms with Gasteiger partial charge in [-0.05, 0) is 31.4 Å². The van der Waals surface area contributed by atoms with Crippen LogP contribution in [0.2, 0.25) is 0 Å². The van der Waals surface area contributed by atoms with Crippen LogP contribution in [0.1, 0.15) is 50.7 Å². The molecule has 2 nitrogen and oxygen atoms in total. The normalized spacial score (nSPS) is 22.4. The lowest BCUT2D eigenvalue weighted by molar-refractivity contribution is -0.121. The second kappa shape index (κ2) is 4.52. The number of rotatable bonds is 4. The van der Waals surface area contributed by atoms with Gasteiger partial charge in [0.1, 0.15) is 0 Å². The number of carbonyl (C=O) groups is 1. The fourth-order valence-corrected chi connectivity index (χ4v) is 2.78. The van der Waals surface area contributed by atoms with E-state index in [4.69, 9.17) is 0 Å². The first-order valence-electron chi connectivity index (χ1n) is 6.56. The van der Waals surface area contributed by atoms with Gasteiger partial charge in [-0.2, -0.15) is 0 Å². The molecule has 1 heterocycles. The zero-order valence-electron chi connectivity index (χ0n) is 11.0. The number of unbranched alkanes of at least 4 members (excludes halogenated alkanes) is 1. The van der Waals surface area contributed by atoms with Crippen LogP contribution in [0.25, 0.3) is 0 Å². The molecule has 0 bridgehead atoms. The van der Waals surface area contributed by atoms with Crippen molar-refractivity contribution in [2.24, 2.45) is 0 Å². The van der Waals surface area contributed by atoms with Crippen molar-refractivity contribution in [1.82, 2.24) is 0 Å². The molecule has 1 aromatic rings. The summed E-state index contributed by atoms with van der Waals surface area (Å²) in [6.07, 6.45) is 4.09. The minimum absolute atomic E-state index is 0.189. The molecular formula is C15H21NO. The van der Waals surface area contributed by atoms with Crippen LogP contribution >= 0.6 is 0 Å². The maximum atomic E-state index is 12.3. The molecule has 0 aromatic heterocycles. The minimum atomic E-state index is -0.280. The first kappa shape index (κ1) is 12.2. The van der Waals surface area contributed by atoms with Gasteiger partial charge in [-0.25, -0.2) is 0 Å². The molecule has 17 heavy (non-hydrogen) atoms. The Morgan fingerprint density at radius 2 is 2.06 bits per heavy atom. The molecule has 0 spiro atoms. The summed E-state index contributed by atoms with van der Waals surface area (Å²) < 4.78 is 0. The van der Waals surface area contributed by atoms with Gasteiger partial charge in [-0.1, -0.05) is 44.4 Å². The third kappa shape index (κ3) is 1.86. The number of aryl methyl sites for hydroxylation is 1.